The van der Waals surface area contributed by atoms with Crippen LogP contribution in [0.25, 0.3) is 0 Å². The van der Waals surface area contributed by atoms with Crippen LogP contribution in [0.1, 0.15) is 24.5 Å². The fourth-order valence-corrected chi connectivity index (χ4v) is 2.10. The van der Waals surface area contributed by atoms with Crippen molar-refractivity contribution in [1.82, 2.24) is 0 Å². The number of hydrogen-bond donors (Lipinski definition) is 0. The van der Waals surface area contributed by atoms with Crippen molar-refractivity contribution in [3.63, 3.8) is 0 Å². The van der Waals surface area contributed by atoms with Crippen LogP contribution in [-0.2, 0) is 17.6 Å². The van der Waals surface area contributed by atoms with Crippen LogP contribution in [0.15, 0.2) is 12.1 Å². The summed E-state index contributed by atoms with van der Waals surface area (Å²) in [6.07, 6.45) is 3.34. The largest absolute Gasteiger partial charge is 0.426 e. The molecule has 3 heteroatoms. The van der Waals surface area contributed by atoms with E-state index >= 15 is 0 Å². The molecule has 1 aromatic carbocycles. The fourth-order valence-electron chi connectivity index (χ4n) is 2.10. The summed E-state index contributed by atoms with van der Waals surface area (Å²) in [5.74, 6) is 0.526. The maximum absolute atomic E-state index is 10.9. The number of benzene rings is 1. The van der Waals surface area contributed by atoms with Crippen molar-refractivity contribution in [3.05, 3.63) is 23.3 Å². The van der Waals surface area contributed by atoms with Gasteiger partial charge in [-0.3, -0.25) is 4.79 Å². The lowest BCUT2D eigenvalue weighted by atomic mass is 9.88. The van der Waals surface area contributed by atoms with Crippen LogP contribution in [0.4, 0.5) is 0 Å². The van der Waals surface area contributed by atoms with Gasteiger partial charge in [0.05, 0.1) is 0 Å². The smallest absolute Gasteiger partial charge is 0.308 e. The van der Waals surface area contributed by atoms with E-state index in [9.17, 15) is 4.79 Å². The molecule has 0 N–H and O–H groups in total. The van der Waals surface area contributed by atoms with Gasteiger partial charge in [-0.1, -0.05) is 11.5 Å². The van der Waals surface area contributed by atoms with Gasteiger partial charge in [0.2, 0.25) is 0 Å². The first-order chi connectivity index (χ1) is 6.68. The van der Waals surface area contributed by atoms with E-state index in [0.29, 0.717) is 0 Å². The van der Waals surface area contributed by atoms with Gasteiger partial charge in [0.25, 0.3) is 0 Å². The molecule has 72 valence electrons. The molecule has 1 aromatic rings. The van der Waals surface area contributed by atoms with Crippen molar-refractivity contribution >= 4 is 19.3 Å². The molecule has 0 heterocycles. The normalized spacial score (nSPS) is 13.8. The predicted molar refractivity (Wildman–Crippen MR) is 58.0 cm³/mol. The quantitative estimate of drug-likeness (QED) is 0.361. The summed E-state index contributed by atoms with van der Waals surface area (Å²) < 4.78 is 5.17. The van der Waals surface area contributed by atoms with E-state index in [1.54, 1.807) is 0 Å². The molecule has 0 aliphatic heterocycles. The Morgan fingerprint density at radius 3 is 2.79 bits per heavy atom. The van der Waals surface area contributed by atoms with Crippen molar-refractivity contribution in [3.8, 4) is 5.75 Å². The maximum Gasteiger partial charge on any atom is 0.308 e. The van der Waals surface area contributed by atoms with Gasteiger partial charge in [-0.15, -0.1) is 0 Å². The number of ether oxygens (including phenoxy) is 1. The first-order valence-electron chi connectivity index (χ1n) is 4.98. The monoisotopic (exact) mass is 188 g/mol. The van der Waals surface area contributed by atoms with Crippen molar-refractivity contribution < 1.29 is 9.53 Å². The second kappa shape index (κ2) is 3.48. The Bertz CT molecular complexity index is 385. The number of carbonyl (C=O) groups is 1. The second-order valence-corrected chi connectivity index (χ2v) is 3.78. The first kappa shape index (κ1) is 9.32. The molecule has 1 aliphatic carbocycles. The number of fused-ring (bicyclic) bond motifs is 1. The van der Waals surface area contributed by atoms with Crippen LogP contribution in [0.5, 0.6) is 5.75 Å². The van der Waals surface area contributed by atoms with Crippen molar-refractivity contribution in [2.45, 2.75) is 26.2 Å². The molecule has 0 spiro atoms. The summed E-state index contributed by atoms with van der Waals surface area (Å²) in [4.78, 5) is 10.9. The highest BCUT2D eigenvalue weighted by molar-refractivity contribution is 6.33. The van der Waals surface area contributed by atoms with Crippen molar-refractivity contribution in [2.24, 2.45) is 0 Å². The molecule has 0 bridgehead atoms. The maximum atomic E-state index is 10.9. The molecular weight excluding hydrogens is 175 g/mol. The standard InChI is InChI=1S/C11H13BO2/c1-7(13)14-11-6-5-10(12)8-3-2-4-9(8)11/h5-6H,2-4,12H2,1H3. The molecule has 2 nitrogen and oxygen atoms in total. The van der Waals surface area contributed by atoms with Crippen LogP contribution in [0.3, 0.4) is 0 Å². The predicted octanol–water partition coefficient (Wildman–Crippen LogP) is 0.359. The summed E-state index contributed by atoms with van der Waals surface area (Å²) in [6, 6.07) is 3.93. The summed E-state index contributed by atoms with van der Waals surface area (Å²) in [6.45, 7) is 1.45. The minimum atomic E-state index is -0.233. The van der Waals surface area contributed by atoms with Gasteiger partial charge < -0.3 is 4.74 Å². The molecule has 0 fully saturated rings. The average molecular weight is 188 g/mol. The van der Waals surface area contributed by atoms with E-state index in [0.717, 1.165) is 18.6 Å². The fraction of sp³-hybridized carbons (Fsp3) is 0.364. The molecule has 0 aromatic heterocycles. The lowest BCUT2D eigenvalue weighted by Gasteiger charge is -2.09. The molecule has 0 saturated heterocycles. The Morgan fingerprint density at radius 1 is 1.36 bits per heavy atom. The molecule has 14 heavy (non-hydrogen) atoms. The summed E-state index contributed by atoms with van der Waals surface area (Å²) in [5.41, 5.74) is 3.93. The third-order valence-electron chi connectivity index (χ3n) is 2.73. The Kier molecular flexibility index (Phi) is 2.32. The molecular formula is C11H13BO2. The minimum absolute atomic E-state index is 0.233. The number of esters is 1. The zero-order chi connectivity index (χ0) is 10.1. The molecule has 0 amide bonds. The van der Waals surface area contributed by atoms with Crippen LogP contribution in [0.2, 0.25) is 0 Å². The van der Waals surface area contributed by atoms with Gasteiger partial charge in [-0.2, -0.15) is 0 Å². The van der Waals surface area contributed by atoms with Crippen LogP contribution < -0.4 is 10.2 Å². The number of hydrogen-bond acceptors (Lipinski definition) is 2. The van der Waals surface area contributed by atoms with Gasteiger partial charge >= 0.3 is 5.97 Å². The Labute approximate surface area is 84.7 Å². The summed E-state index contributed by atoms with van der Waals surface area (Å²) in [7, 11) is 2.11. The molecule has 0 radical (unpaired) electrons. The van der Waals surface area contributed by atoms with Crippen LogP contribution in [0, 0.1) is 0 Å². The first-order valence-corrected chi connectivity index (χ1v) is 4.98. The highest BCUT2D eigenvalue weighted by Crippen LogP contribution is 2.29. The Hall–Kier alpha value is -1.25. The molecule has 0 unspecified atom stereocenters. The van der Waals surface area contributed by atoms with Crippen molar-refractivity contribution in [2.75, 3.05) is 0 Å². The average Bonchev–Trinajstić information content (AvgIpc) is 2.58. The minimum Gasteiger partial charge on any atom is -0.426 e. The summed E-state index contributed by atoms with van der Waals surface area (Å²) >= 11 is 0. The highest BCUT2D eigenvalue weighted by Gasteiger charge is 2.18. The van der Waals surface area contributed by atoms with E-state index in [-0.39, 0.29) is 5.97 Å². The van der Waals surface area contributed by atoms with Crippen molar-refractivity contribution in [1.29, 1.82) is 0 Å². The topological polar surface area (TPSA) is 26.3 Å². The Balaban J connectivity index is 2.43. The van der Waals surface area contributed by atoms with E-state index in [1.165, 1.54) is 29.9 Å². The Morgan fingerprint density at radius 2 is 2.07 bits per heavy atom. The van der Waals surface area contributed by atoms with Crippen LogP contribution in [-0.4, -0.2) is 13.8 Å². The van der Waals surface area contributed by atoms with Gasteiger partial charge in [0.1, 0.15) is 13.6 Å². The molecule has 0 atom stereocenters. The molecule has 0 saturated carbocycles. The van der Waals surface area contributed by atoms with E-state index in [4.69, 9.17) is 4.74 Å². The van der Waals surface area contributed by atoms with Gasteiger partial charge in [0.15, 0.2) is 0 Å². The number of carbonyl (C=O) groups excluding carboxylic acids is 1. The summed E-state index contributed by atoms with van der Waals surface area (Å²) in [5, 5.41) is 0. The van der Waals surface area contributed by atoms with E-state index in [1.807, 2.05) is 12.1 Å². The SMILES string of the molecule is Bc1ccc(OC(C)=O)c2c1CCC2. The van der Waals surface area contributed by atoms with Gasteiger partial charge in [-0.25, -0.2) is 0 Å². The van der Waals surface area contributed by atoms with Gasteiger partial charge in [-0.05, 0) is 36.5 Å². The zero-order valence-corrected chi connectivity index (χ0v) is 8.59. The second-order valence-electron chi connectivity index (χ2n) is 3.78. The number of rotatable bonds is 1. The zero-order valence-electron chi connectivity index (χ0n) is 8.59. The van der Waals surface area contributed by atoms with E-state index < -0.39 is 0 Å². The van der Waals surface area contributed by atoms with Crippen LogP contribution >= 0.6 is 0 Å². The molecule has 2 rings (SSSR count). The lowest BCUT2D eigenvalue weighted by Crippen LogP contribution is -2.12. The van der Waals surface area contributed by atoms with Gasteiger partial charge in [0, 0.05) is 6.92 Å². The third-order valence-corrected chi connectivity index (χ3v) is 2.73. The molecule has 1 aliphatic rings. The lowest BCUT2D eigenvalue weighted by molar-refractivity contribution is -0.131. The highest BCUT2D eigenvalue weighted by atomic mass is 16.5. The van der Waals surface area contributed by atoms with E-state index in [2.05, 4.69) is 7.85 Å². The third kappa shape index (κ3) is 1.54.